The third kappa shape index (κ3) is 3.81. The van der Waals surface area contributed by atoms with Crippen molar-refractivity contribution >= 4 is 33.6 Å². The number of carboxylic acid groups (broad SMARTS) is 1. The minimum absolute atomic E-state index is 0.0130. The van der Waals surface area contributed by atoms with Crippen molar-refractivity contribution in [3.8, 4) is 0 Å². The summed E-state index contributed by atoms with van der Waals surface area (Å²) in [6, 6.07) is 3.51. The summed E-state index contributed by atoms with van der Waals surface area (Å²) >= 11 is 3.35. The molecule has 6 heteroatoms. The van der Waals surface area contributed by atoms with Crippen molar-refractivity contribution in [2.24, 2.45) is 5.41 Å². The number of anilines is 1. The normalized spacial score (nSPS) is 17.2. The molecule has 5 nitrogen and oxygen atoms in total. The van der Waals surface area contributed by atoms with Crippen molar-refractivity contribution in [1.82, 2.24) is 4.98 Å². The van der Waals surface area contributed by atoms with E-state index in [0.717, 1.165) is 29.4 Å². The molecule has 0 radical (unpaired) electrons. The van der Waals surface area contributed by atoms with Crippen LogP contribution < -0.4 is 5.32 Å². The van der Waals surface area contributed by atoms with Crippen LogP contribution in [0.2, 0.25) is 0 Å². The largest absolute Gasteiger partial charge is 0.481 e. The maximum atomic E-state index is 12.2. The van der Waals surface area contributed by atoms with Gasteiger partial charge in [0.15, 0.2) is 0 Å². The van der Waals surface area contributed by atoms with Gasteiger partial charge >= 0.3 is 5.97 Å². The van der Waals surface area contributed by atoms with Gasteiger partial charge < -0.3 is 10.4 Å². The number of hydrogen-bond acceptors (Lipinski definition) is 3. The first kappa shape index (κ1) is 15.9. The lowest BCUT2D eigenvalue weighted by molar-refractivity contribution is -0.153. The second-order valence-corrected chi connectivity index (χ2v) is 6.49. The van der Waals surface area contributed by atoms with E-state index >= 15 is 0 Å². The second kappa shape index (κ2) is 6.56. The molecule has 1 aliphatic rings. The number of aryl methyl sites for hydroxylation is 1. The average Bonchev–Trinajstić information content (AvgIpc) is 2.43. The quantitative estimate of drug-likeness (QED) is 0.866. The first-order valence-corrected chi connectivity index (χ1v) is 7.89. The molecular formula is C15H19BrN2O3. The predicted octanol–water partition coefficient (Wildman–Crippen LogP) is 3.52. The van der Waals surface area contributed by atoms with Crippen LogP contribution >= 0.6 is 15.9 Å². The van der Waals surface area contributed by atoms with Crippen LogP contribution in [0.25, 0.3) is 0 Å². The lowest BCUT2D eigenvalue weighted by Gasteiger charge is -2.32. The monoisotopic (exact) mass is 354 g/mol. The molecule has 114 valence electrons. The Morgan fingerprint density at radius 3 is 2.57 bits per heavy atom. The number of hydrogen-bond donors (Lipinski definition) is 2. The fraction of sp³-hybridized carbons (Fsp3) is 0.533. The third-order valence-corrected chi connectivity index (χ3v) is 4.89. The summed E-state index contributed by atoms with van der Waals surface area (Å²) in [5, 5.41) is 12.2. The maximum Gasteiger partial charge on any atom is 0.310 e. The van der Waals surface area contributed by atoms with Gasteiger partial charge in [-0.1, -0.05) is 19.3 Å². The van der Waals surface area contributed by atoms with E-state index in [-0.39, 0.29) is 12.3 Å². The number of rotatable bonds is 4. The minimum Gasteiger partial charge on any atom is -0.481 e. The van der Waals surface area contributed by atoms with E-state index in [1.807, 2.05) is 13.0 Å². The molecule has 0 bridgehead atoms. The van der Waals surface area contributed by atoms with E-state index in [2.05, 4.69) is 26.2 Å². The maximum absolute atomic E-state index is 12.2. The van der Waals surface area contributed by atoms with Crippen LogP contribution in [0.5, 0.6) is 0 Å². The highest BCUT2D eigenvalue weighted by Crippen LogP contribution is 2.39. The first-order valence-electron chi connectivity index (χ1n) is 7.09. The van der Waals surface area contributed by atoms with Gasteiger partial charge in [0.05, 0.1) is 11.1 Å². The standard InChI is InChI=1S/C15H19BrN2O3/c1-10-11(16)5-6-12(17-10)18-13(19)9-15(14(20)21)7-3-2-4-8-15/h5-6H,2-4,7-9H2,1H3,(H,20,21)(H,17,18,19). The van der Waals surface area contributed by atoms with Crippen LogP contribution in [0.1, 0.15) is 44.2 Å². The van der Waals surface area contributed by atoms with Gasteiger partial charge in [-0.05, 0) is 47.8 Å². The van der Waals surface area contributed by atoms with Gasteiger partial charge in [0.1, 0.15) is 5.82 Å². The lowest BCUT2D eigenvalue weighted by Crippen LogP contribution is -2.37. The van der Waals surface area contributed by atoms with Gasteiger partial charge in [-0.3, -0.25) is 9.59 Å². The van der Waals surface area contributed by atoms with Crippen LogP contribution in [0.4, 0.5) is 5.82 Å². The number of carboxylic acids is 1. The summed E-state index contributed by atoms with van der Waals surface area (Å²) in [5.41, 5.74) is -0.134. The van der Waals surface area contributed by atoms with E-state index in [4.69, 9.17) is 0 Å². The molecule has 0 unspecified atom stereocenters. The third-order valence-electron chi connectivity index (χ3n) is 4.05. The second-order valence-electron chi connectivity index (χ2n) is 5.63. The summed E-state index contributed by atoms with van der Waals surface area (Å²) in [7, 11) is 0. The van der Waals surface area contributed by atoms with Crippen LogP contribution in [-0.2, 0) is 9.59 Å². The highest BCUT2D eigenvalue weighted by Gasteiger charge is 2.41. The Bertz CT molecular complexity index is 554. The fourth-order valence-electron chi connectivity index (χ4n) is 2.80. The van der Waals surface area contributed by atoms with Crippen LogP contribution in [-0.4, -0.2) is 22.0 Å². The van der Waals surface area contributed by atoms with E-state index < -0.39 is 11.4 Å². The summed E-state index contributed by atoms with van der Waals surface area (Å²) in [4.78, 5) is 28.0. The molecule has 0 aromatic carbocycles. The molecular weight excluding hydrogens is 336 g/mol. The van der Waals surface area contributed by atoms with Crippen LogP contribution in [0.15, 0.2) is 16.6 Å². The summed E-state index contributed by atoms with van der Waals surface area (Å²) < 4.78 is 0.870. The highest BCUT2D eigenvalue weighted by molar-refractivity contribution is 9.10. The van der Waals surface area contributed by atoms with Crippen LogP contribution in [0.3, 0.4) is 0 Å². The number of pyridine rings is 1. The van der Waals surface area contributed by atoms with Gasteiger partial charge in [0, 0.05) is 10.9 Å². The predicted molar refractivity (Wildman–Crippen MR) is 83.1 cm³/mol. The summed E-state index contributed by atoms with van der Waals surface area (Å²) in [6.07, 6.45) is 3.94. The first-order chi connectivity index (χ1) is 9.93. The average molecular weight is 355 g/mol. The smallest absolute Gasteiger partial charge is 0.310 e. The zero-order valence-corrected chi connectivity index (χ0v) is 13.6. The molecule has 2 N–H and O–H groups in total. The Balaban J connectivity index is 2.05. The Morgan fingerprint density at radius 2 is 2.00 bits per heavy atom. The fourth-order valence-corrected chi connectivity index (χ4v) is 3.02. The number of nitrogens with one attached hydrogen (secondary N) is 1. The molecule has 1 amide bonds. The topological polar surface area (TPSA) is 79.3 Å². The Kier molecular flexibility index (Phi) is 4.98. The van der Waals surface area contributed by atoms with Crippen molar-refractivity contribution in [1.29, 1.82) is 0 Å². The number of amides is 1. The van der Waals surface area contributed by atoms with E-state index in [9.17, 15) is 14.7 Å². The molecule has 21 heavy (non-hydrogen) atoms. The zero-order chi connectivity index (χ0) is 15.5. The van der Waals surface area contributed by atoms with Crippen molar-refractivity contribution in [3.05, 3.63) is 22.3 Å². The molecule has 1 heterocycles. The van der Waals surface area contributed by atoms with Crippen molar-refractivity contribution in [2.45, 2.75) is 45.4 Å². The number of nitrogens with zero attached hydrogens (tertiary/aromatic N) is 1. The molecule has 0 aliphatic heterocycles. The number of aliphatic carboxylic acids is 1. The SMILES string of the molecule is Cc1nc(NC(=O)CC2(C(=O)O)CCCCC2)ccc1Br. The molecule has 0 atom stereocenters. The van der Waals surface area contributed by atoms with Crippen molar-refractivity contribution in [3.63, 3.8) is 0 Å². The molecule has 2 rings (SSSR count). The number of carbonyl (C=O) groups is 2. The number of carbonyl (C=O) groups excluding carboxylic acids is 1. The van der Waals surface area contributed by atoms with E-state index in [1.54, 1.807) is 6.07 Å². The van der Waals surface area contributed by atoms with Crippen LogP contribution in [0, 0.1) is 12.3 Å². The Morgan fingerprint density at radius 1 is 1.33 bits per heavy atom. The molecule has 1 fully saturated rings. The van der Waals surface area contributed by atoms with E-state index in [1.165, 1.54) is 0 Å². The summed E-state index contributed by atoms with van der Waals surface area (Å²) in [6.45, 7) is 1.83. The number of aromatic nitrogens is 1. The molecule has 0 saturated heterocycles. The van der Waals surface area contributed by atoms with Crippen molar-refractivity contribution in [2.75, 3.05) is 5.32 Å². The summed E-state index contributed by atoms with van der Waals surface area (Å²) in [5.74, 6) is -0.692. The van der Waals surface area contributed by atoms with Gasteiger partial charge in [-0.25, -0.2) is 4.98 Å². The zero-order valence-electron chi connectivity index (χ0n) is 12.0. The Hall–Kier alpha value is -1.43. The minimum atomic E-state index is -0.910. The number of halogens is 1. The van der Waals surface area contributed by atoms with Crippen molar-refractivity contribution < 1.29 is 14.7 Å². The molecule has 1 aliphatic carbocycles. The Labute approximate surface area is 132 Å². The van der Waals surface area contributed by atoms with Gasteiger partial charge in [-0.15, -0.1) is 0 Å². The molecule has 0 spiro atoms. The van der Waals surface area contributed by atoms with Gasteiger partial charge in [-0.2, -0.15) is 0 Å². The van der Waals surface area contributed by atoms with Gasteiger partial charge in [0.2, 0.25) is 5.91 Å². The molecule has 1 saturated carbocycles. The highest BCUT2D eigenvalue weighted by atomic mass is 79.9. The van der Waals surface area contributed by atoms with E-state index in [0.29, 0.717) is 18.7 Å². The lowest BCUT2D eigenvalue weighted by atomic mass is 9.71. The molecule has 1 aromatic rings. The van der Waals surface area contributed by atoms with Gasteiger partial charge in [0.25, 0.3) is 0 Å². The molecule has 1 aromatic heterocycles.